The summed E-state index contributed by atoms with van der Waals surface area (Å²) < 4.78 is 20.2. The SMILES string of the molecule is COCCC(C)n1c(N)nc2cc(F)c(Cl)cc21. The van der Waals surface area contributed by atoms with Crippen LogP contribution in [0.15, 0.2) is 12.1 Å². The molecule has 0 spiro atoms. The highest BCUT2D eigenvalue weighted by Crippen LogP contribution is 2.28. The van der Waals surface area contributed by atoms with Gasteiger partial charge in [0.1, 0.15) is 5.82 Å². The molecule has 2 aromatic rings. The van der Waals surface area contributed by atoms with Gasteiger partial charge < -0.3 is 15.0 Å². The Labute approximate surface area is 109 Å². The maximum atomic E-state index is 13.4. The number of halogens is 2. The van der Waals surface area contributed by atoms with Gasteiger partial charge in [0.05, 0.1) is 16.1 Å². The zero-order valence-electron chi connectivity index (χ0n) is 10.3. The second-order valence-corrected chi connectivity index (χ2v) is 4.63. The van der Waals surface area contributed by atoms with Gasteiger partial charge in [-0.1, -0.05) is 11.6 Å². The number of ether oxygens (including phenoxy) is 1. The summed E-state index contributed by atoms with van der Waals surface area (Å²) in [6.45, 7) is 2.63. The summed E-state index contributed by atoms with van der Waals surface area (Å²) in [5.74, 6) is -0.131. The van der Waals surface area contributed by atoms with Crippen molar-refractivity contribution in [1.29, 1.82) is 0 Å². The minimum atomic E-state index is -0.488. The monoisotopic (exact) mass is 271 g/mol. The molecule has 1 atom stereocenters. The van der Waals surface area contributed by atoms with Gasteiger partial charge in [0, 0.05) is 25.8 Å². The summed E-state index contributed by atoms with van der Waals surface area (Å²) in [5, 5.41) is 0.0718. The molecule has 0 fully saturated rings. The second kappa shape index (κ2) is 5.12. The quantitative estimate of drug-likeness (QED) is 0.930. The van der Waals surface area contributed by atoms with Crippen LogP contribution in [0.5, 0.6) is 0 Å². The molecule has 2 N–H and O–H groups in total. The van der Waals surface area contributed by atoms with Crippen LogP contribution in [0, 0.1) is 5.82 Å². The predicted molar refractivity (Wildman–Crippen MR) is 70.3 cm³/mol. The van der Waals surface area contributed by atoms with E-state index < -0.39 is 5.82 Å². The van der Waals surface area contributed by atoms with Crippen molar-refractivity contribution in [1.82, 2.24) is 9.55 Å². The Morgan fingerprint density at radius 1 is 1.56 bits per heavy atom. The van der Waals surface area contributed by atoms with Gasteiger partial charge in [-0.15, -0.1) is 0 Å². The molecule has 4 nitrogen and oxygen atoms in total. The molecule has 1 heterocycles. The average molecular weight is 272 g/mol. The molecule has 0 bridgehead atoms. The minimum absolute atomic E-state index is 0.0718. The van der Waals surface area contributed by atoms with Crippen molar-refractivity contribution in [3.05, 3.63) is 23.0 Å². The minimum Gasteiger partial charge on any atom is -0.385 e. The lowest BCUT2D eigenvalue weighted by molar-refractivity contribution is 0.182. The fourth-order valence-electron chi connectivity index (χ4n) is 1.99. The maximum absolute atomic E-state index is 13.4. The van der Waals surface area contributed by atoms with Crippen LogP contribution < -0.4 is 5.73 Å². The highest BCUT2D eigenvalue weighted by molar-refractivity contribution is 6.31. The first-order chi connectivity index (χ1) is 8.54. The number of fused-ring (bicyclic) bond motifs is 1. The lowest BCUT2D eigenvalue weighted by Gasteiger charge is -2.15. The van der Waals surface area contributed by atoms with Gasteiger partial charge in [0.15, 0.2) is 0 Å². The van der Waals surface area contributed by atoms with Gasteiger partial charge in [-0.05, 0) is 19.4 Å². The molecule has 0 aliphatic heterocycles. The first-order valence-corrected chi connectivity index (χ1v) is 6.03. The summed E-state index contributed by atoms with van der Waals surface area (Å²) >= 11 is 5.80. The van der Waals surface area contributed by atoms with Crippen molar-refractivity contribution in [2.75, 3.05) is 19.5 Å². The number of anilines is 1. The molecule has 0 radical (unpaired) electrons. The van der Waals surface area contributed by atoms with Crippen LogP contribution >= 0.6 is 11.6 Å². The van der Waals surface area contributed by atoms with Crippen molar-refractivity contribution in [2.45, 2.75) is 19.4 Å². The van der Waals surface area contributed by atoms with Gasteiger partial charge in [-0.25, -0.2) is 9.37 Å². The molecule has 2 rings (SSSR count). The molecule has 0 aliphatic rings. The Kier molecular flexibility index (Phi) is 3.73. The molecular weight excluding hydrogens is 257 g/mol. The lowest BCUT2D eigenvalue weighted by atomic mass is 10.2. The van der Waals surface area contributed by atoms with E-state index in [4.69, 9.17) is 22.1 Å². The Bertz CT molecular complexity index is 570. The standard InChI is InChI=1S/C12H15ClFN3O/c1-7(3-4-18-2)17-11-5-8(13)9(14)6-10(11)16-12(17)15/h5-7H,3-4H2,1-2H3,(H2,15,16). The third-order valence-electron chi connectivity index (χ3n) is 2.94. The number of aromatic nitrogens is 2. The van der Waals surface area contributed by atoms with Gasteiger partial charge in [0.25, 0.3) is 0 Å². The molecule has 1 aromatic carbocycles. The van der Waals surface area contributed by atoms with E-state index >= 15 is 0 Å². The fraction of sp³-hybridized carbons (Fsp3) is 0.417. The molecule has 0 aliphatic carbocycles. The number of methoxy groups -OCH3 is 1. The van der Waals surface area contributed by atoms with E-state index in [1.165, 1.54) is 6.07 Å². The molecular formula is C12H15ClFN3O. The van der Waals surface area contributed by atoms with E-state index in [1.807, 2.05) is 11.5 Å². The van der Waals surface area contributed by atoms with Crippen molar-refractivity contribution in [2.24, 2.45) is 0 Å². The summed E-state index contributed by atoms with van der Waals surface area (Å²) in [5.41, 5.74) is 7.12. The topological polar surface area (TPSA) is 53.1 Å². The fourth-order valence-corrected chi connectivity index (χ4v) is 2.15. The molecule has 0 saturated heterocycles. The van der Waals surface area contributed by atoms with Crippen molar-refractivity contribution < 1.29 is 9.13 Å². The average Bonchev–Trinajstić information content (AvgIpc) is 2.62. The summed E-state index contributed by atoms with van der Waals surface area (Å²) in [6.07, 6.45) is 0.793. The number of imidazole rings is 1. The Balaban J connectivity index is 2.49. The molecule has 0 saturated carbocycles. The van der Waals surface area contributed by atoms with Crippen molar-refractivity contribution in [3.8, 4) is 0 Å². The number of benzene rings is 1. The van der Waals surface area contributed by atoms with Crippen LogP contribution in [0.4, 0.5) is 10.3 Å². The van der Waals surface area contributed by atoms with E-state index in [-0.39, 0.29) is 11.1 Å². The third-order valence-corrected chi connectivity index (χ3v) is 3.23. The first-order valence-electron chi connectivity index (χ1n) is 5.66. The van der Waals surface area contributed by atoms with Gasteiger partial charge in [-0.2, -0.15) is 0 Å². The van der Waals surface area contributed by atoms with E-state index in [1.54, 1.807) is 13.2 Å². The van der Waals surface area contributed by atoms with Gasteiger partial charge >= 0.3 is 0 Å². The number of hydrogen-bond donors (Lipinski definition) is 1. The number of nitrogen functional groups attached to an aromatic ring is 1. The predicted octanol–water partition coefficient (Wildman–Crippen LogP) is 3.01. The van der Waals surface area contributed by atoms with Gasteiger partial charge in [-0.3, -0.25) is 0 Å². The Morgan fingerprint density at radius 3 is 2.94 bits per heavy atom. The zero-order valence-corrected chi connectivity index (χ0v) is 11.0. The van der Waals surface area contributed by atoms with Crippen molar-refractivity contribution >= 4 is 28.6 Å². The van der Waals surface area contributed by atoms with Crippen LogP contribution in [0.2, 0.25) is 5.02 Å². The number of nitrogens with two attached hydrogens (primary N) is 1. The highest BCUT2D eigenvalue weighted by atomic mass is 35.5. The third kappa shape index (κ3) is 2.28. The smallest absolute Gasteiger partial charge is 0.201 e. The van der Waals surface area contributed by atoms with Crippen LogP contribution in [-0.2, 0) is 4.74 Å². The van der Waals surface area contributed by atoms with Crippen molar-refractivity contribution in [3.63, 3.8) is 0 Å². The molecule has 1 aromatic heterocycles. The molecule has 18 heavy (non-hydrogen) atoms. The van der Waals surface area contributed by atoms with Gasteiger partial charge in [0.2, 0.25) is 5.95 Å². The zero-order chi connectivity index (χ0) is 13.3. The highest BCUT2D eigenvalue weighted by Gasteiger charge is 2.15. The maximum Gasteiger partial charge on any atom is 0.201 e. The van der Waals surface area contributed by atoms with E-state index in [2.05, 4.69) is 4.98 Å². The normalized spacial score (nSPS) is 13.1. The van der Waals surface area contributed by atoms with E-state index in [0.29, 0.717) is 18.1 Å². The summed E-state index contributed by atoms with van der Waals surface area (Å²) in [6, 6.07) is 2.96. The molecule has 0 amide bonds. The van der Waals surface area contributed by atoms with E-state index in [9.17, 15) is 4.39 Å². The van der Waals surface area contributed by atoms with E-state index in [0.717, 1.165) is 11.9 Å². The van der Waals surface area contributed by atoms with Crippen LogP contribution in [0.25, 0.3) is 11.0 Å². The Morgan fingerprint density at radius 2 is 2.28 bits per heavy atom. The van der Waals surface area contributed by atoms with Crippen LogP contribution in [0.3, 0.4) is 0 Å². The number of rotatable bonds is 4. The molecule has 98 valence electrons. The summed E-state index contributed by atoms with van der Waals surface area (Å²) in [4.78, 5) is 4.15. The number of nitrogens with zero attached hydrogens (tertiary/aromatic N) is 2. The number of hydrogen-bond acceptors (Lipinski definition) is 3. The Hall–Kier alpha value is -1.33. The summed E-state index contributed by atoms with van der Waals surface area (Å²) in [7, 11) is 1.65. The lowest BCUT2D eigenvalue weighted by Crippen LogP contribution is -2.10. The first kappa shape index (κ1) is 13.1. The largest absolute Gasteiger partial charge is 0.385 e. The van der Waals surface area contributed by atoms with Crippen LogP contribution in [-0.4, -0.2) is 23.3 Å². The molecule has 1 unspecified atom stereocenters. The molecule has 6 heteroatoms. The van der Waals surface area contributed by atoms with Crippen LogP contribution in [0.1, 0.15) is 19.4 Å². The second-order valence-electron chi connectivity index (χ2n) is 4.23.